The molecule has 0 saturated heterocycles. The number of hydrogen-bond acceptors (Lipinski definition) is 4. The highest BCUT2D eigenvalue weighted by Gasteiger charge is 2.11. The van der Waals surface area contributed by atoms with Crippen molar-refractivity contribution < 1.29 is 4.79 Å². The van der Waals surface area contributed by atoms with Crippen LogP contribution in [0.3, 0.4) is 0 Å². The average Bonchev–Trinajstić information content (AvgIpc) is 3.25. The molecule has 3 aromatic rings. The lowest BCUT2D eigenvalue weighted by molar-refractivity contribution is 0.0992. The number of Topliss-reactive ketones (excluding diaryl/α,β-unsaturated/α-hetero) is 1. The fourth-order valence-electron chi connectivity index (χ4n) is 2.29. The number of hydrogen-bond donors (Lipinski definition) is 0. The molecule has 0 aliphatic rings. The summed E-state index contributed by atoms with van der Waals surface area (Å²) in [4.78, 5) is 19.2. The van der Waals surface area contributed by atoms with Crippen LogP contribution in [0.5, 0.6) is 0 Å². The van der Waals surface area contributed by atoms with Crippen LogP contribution in [0.25, 0.3) is 19.5 Å². The standard InChI is InChI=1S/C18H18OS3/c1-3-5-12-6-7-15(20-12)16-10-11-18(22-16)17-9-8-14(21-17)13(19)4-2/h6-11H,3-5H2,1-2H3. The van der Waals surface area contributed by atoms with E-state index in [4.69, 9.17) is 0 Å². The maximum atomic E-state index is 11.8. The van der Waals surface area contributed by atoms with E-state index in [1.54, 1.807) is 11.3 Å². The fourth-order valence-corrected chi connectivity index (χ4v) is 5.60. The molecular formula is C18H18OS3. The van der Waals surface area contributed by atoms with Gasteiger partial charge in [0, 0.05) is 30.8 Å². The summed E-state index contributed by atoms with van der Waals surface area (Å²) in [6.45, 7) is 4.13. The number of rotatable bonds is 6. The van der Waals surface area contributed by atoms with Crippen molar-refractivity contribution >= 4 is 39.8 Å². The molecule has 0 spiro atoms. The molecule has 0 aromatic carbocycles. The van der Waals surface area contributed by atoms with E-state index in [0.717, 1.165) is 11.3 Å². The third kappa shape index (κ3) is 3.24. The number of ketones is 1. The molecule has 114 valence electrons. The molecule has 0 amide bonds. The van der Waals surface area contributed by atoms with Gasteiger partial charge in [0.05, 0.1) is 4.88 Å². The first-order valence-corrected chi connectivity index (χ1v) is 9.98. The van der Waals surface area contributed by atoms with Crippen LogP contribution < -0.4 is 0 Å². The monoisotopic (exact) mass is 346 g/mol. The zero-order valence-corrected chi connectivity index (χ0v) is 15.2. The molecule has 22 heavy (non-hydrogen) atoms. The van der Waals surface area contributed by atoms with Gasteiger partial charge in [-0.25, -0.2) is 0 Å². The van der Waals surface area contributed by atoms with E-state index in [1.807, 2.05) is 35.7 Å². The molecule has 0 bridgehead atoms. The lowest BCUT2D eigenvalue weighted by atomic mass is 10.2. The zero-order chi connectivity index (χ0) is 15.5. The van der Waals surface area contributed by atoms with Crippen molar-refractivity contribution in [3.8, 4) is 19.5 Å². The normalized spacial score (nSPS) is 11.0. The molecule has 0 atom stereocenters. The molecule has 3 rings (SSSR count). The van der Waals surface area contributed by atoms with Crippen LogP contribution in [0, 0.1) is 0 Å². The van der Waals surface area contributed by atoms with Crippen LogP contribution >= 0.6 is 34.0 Å². The second-order valence-electron chi connectivity index (χ2n) is 5.12. The minimum atomic E-state index is 0.232. The van der Waals surface area contributed by atoms with Crippen molar-refractivity contribution in [3.63, 3.8) is 0 Å². The molecule has 0 N–H and O–H groups in total. The van der Waals surface area contributed by atoms with Gasteiger partial charge in [0.25, 0.3) is 0 Å². The van der Waals surface area contributed by atoms with Crippen molar-refractivity contribution in [1.29, 1.82) is 0 Å². The van der Waals surface area contributed by atoms with Gasteiger partial charge in [0.15, 0.2) is 5.78 Å². The van der Waals surface area contributed by atoms with Gasteiger partial charge in [-0.15, -0.1) is 34.0 Å². The van der Waals surface area contributed by atoms with Gasteiger partial charge in [0.2, 0.25) is 0 Å². The molecule has 0 radical (unpaired) electrons. The summed E-state index contributed by atoms with van der Waals surface area (Å²) < 4.78 is 0. The van der Waals surface area contributed by atoms with Gasteiger partial charge in [0.1, 0.15) is 0 Å². The third-order valence-corrected chi connectivity index (χ3v) is 7.20. The zero-order valence-electron chi connectivity index (χ0n) is 12.7. The summed E-state index contributed by atoms with van der Waals surface area (Å²) in [6, 6.07) is 12.9. The van der Waals surface area contributed by atoms with E-state index in [2.05, 4.69) is 37.3 Å². The highest BCUT2D eigenvalue weighted by Crippen LogP contribution is 2.40. The summed E-state index contributed by atoms with van der Waals surface area (Å²) in [5, 5.41) is 0. The Kier molecular flexibility index (Phi) is 4.91. The molecule has 3 aromatic heterocycles. The summed E-state index contributed by atoms with van der Waals surface area (Å²) in [5.74, 6) is 0.232. The molecule has 0 saturated carbocycles. The van der Waals surface area contributed by atoms with Crippen LogP contribution in [0.15, 0.2) is 36.4 Å². The van der Waals surface area contributed by atoms with Crippen LogP contribution in [0.2, 0.25) is 0 Å². The Morgan fingerprint density at radius 3 is 2.09 bits per heavy atom. The fraction of sp³-hybridized carbons (Fsp3) is 0.278. The maximum Gasteiger partial charge on any atom is 0.172 e. The Morgan fingerprint density at radius 1 is 0.818 bits per heavy atom. The topological polar surface area (TPSA) is 17.1 Å². The first-order chi connectivity index (χ1) is 10.7. The molecule has 0 aliphatic heterocycles. The Labute approximate surface area is 143 Å². The largest absolute Gasteiger partial charge is 0.293 e. The molecule has 0 unspecified atom stereocenters. The summed E-state index contributed by atoms with van der Waals surface area (Å²) in [6.07, 6.45) is 2.93. The quantitative estimate of drug-likeness (QED) is 0.451. The van der Waals surface area contributed by atoms with Crippen LogP contribution in [-0.2, 0) is 6.42 Å². The van der Waals surface area contributed by atoms with E-state index in [9.17, 15) is 4.79 Å². The predicted molar refractivity (Wildman–Crippen MR) is 99.6 cm³/mol. The minimum Gasteiger partial charge on any atom is -0.293 e. The Bertz CT molecular complexity index is 776. The number of carbonyl (C=O) groups excluding carboxylic acids is 1. The maximum absolute atomic E-state index is 11.8. The van der Waals surface area contributed by atoms with Crippen molar-refractivity contribution in [2.45, 2.75) is 33.1 Å². The summed E-state index contributed by atoms with van der Waals surface area (Å²) in [7, 11) is 0. The summed E-state index contributed by atoms with van der Waals surface area (Å²) in [5.41, 5.74) is 0. The number of thiophene rings is 3. The highest BCUT2D eigenvalue weighted by molar-refractivity contribution is 7.26. The van der Waals surface area contributed by atoms with Crippen LogP contribution in [-0.4, -0.2) is 5.78 Å². The molecule has 1 nitrogen and oxygen atoms in total. The van der Waals surface area contributed by atoms with Crippen molar-refractivity contribution in [3.05, 3.63) is 46.2 Å². The van der Waals surface area contributed by atoms with E-state index in [-0.39, 0.29) is 5.78 Å². The lowest BCUT2D eigenvalue weighted by Crippen LogP contribution is -1.90. The second kappa shape index (κ2) is 6.90. The Hall–Kier alpha value is -1.23. The molecule has 0 fully saturated rings. The molecule has 4 heteroatoms. The molecular weight excluding hydrogens is 328 g/mol. The molecule has 3 heterocycles. The van der Waals surface area contributed by atoms with E-state index in [0.29, 0.717) is 6.42 Å². The van der Waals surface area contributed by atoms with E-state index >= 15 is 0 Å². The van der Waals surface area contributed by atoms with E-state index in [1.165, 1.54) is 30.8 Å². The smallest absolute Gasteiger partial charge is 0.172 e. The van der Waals surface area contributed by atoms with Gasteiger partial charge >= 0.3 is 0 Å². The van der Waals surface area contributed by atoms with E-state index < -0.39 is 0 Å². The SMILES string of the molecule is CCCc1ccc(-c2ccc(-c3ccc(C(=O)CC)s3)s2)s1. The van der Waals surface area contributed by atoms with Crippen LogP contribution in [0.1, 0.15) is 41.2 Å². The van der Waals surface area contributed by atoms with Crippen LogP contribution in [0.4, 0.5) is 0 Å². The van der Waals surface area contributed by atoms with Gasteiger partial charge < -0.3 is 0 Å². The van der Waals surface area contributed by atoms with Gasteiger partial charge in [-0.05, 0) is 42.8 Å². The van der Waals surface area contributed by atoms with Crippen molar-refractivity contribution in [2.24, 2.45) is 0 Å². The first kappa shape index (κ1) is 15.7. The minimum absolute atomic E-state index is 0.232. The highest BCUT2D eigenvalue weighted by atomic mass is 32.1. The molecule has 0 aliphatic carbocycles. The Morgan fingerprint density at radius 2 is 1.41 bits per heavy atom. The number of aryl methyl sites for hydroxylation is 1. The van der Waals surface area contributed by atoms with Gasteiger partial charge in [-0.1, -0.05) is 20.3 Å². The number of carbonyl (C=O) groups is 1. The Balaban J connectivity index is 1.83. The predicted octanol–water partition coefficient (Wildman–Crippen LogP) is 6.75. The van der Waals surface area contributed by atoms with Gasteiger partial charge in [-0.3, -0.25) is 4.79 Å². The summed E-state index contributed by atoms with van der Waals surface area (Å²) >= 11 is 5.31. The first-order valence-electron chi connectivity index (χ1n) is 7.53. The lowest BCUT2D eigenvalue weighted by Gasteiger charge is -1.92. The van der Waals surface area contributed by atoms with Crippen molar-refractivity contribution in [1.82, 2.24) is 0 Å². The third-order valence-electron chi connectivity index (χ3n) is 3.45. The van der Waals surface area contributed by atoms with Crippen molar-refractivity contribution in [2.75, 3.05) is 0 Å². The average molecular weight is 347 g/mol. The second-order valence-corrected chi connectivity index (χ2v) is 8.46. The van der Waals surface area contributed by atoms with Gasteiger partial charge in [-0.2, -0.15) is 0 Å².